The summed E-state index contributed by atoms with van der Waals surface area (Å²) in [7, 11) is 0. The summed E-state index contributed by atoms with van der Waals surface area (Å²) in [6.45, 7) is 4.35. The lowest BCUT2D eigenvalue weighted by Crippen LogP contribution is -2.00. The van der Waals surface area contributed by atoms with Crippen LogP contribution < -0.4 is 10.5 Å². The van der Waals surface area contributed by atoms with Crippen molar-refractivity contribution in [3.8, 4) is 17.0 Å². The average Bonchev–Trinajstić information content (AvgIpc) is 3.13. The minimum atomic E-state index is 0.175. The Morgan fingerprint density at radius 2 is 2.13 bits per heavy atom. The lowest BCUT2D eigenvalue weighted by atomic mass is 10.0. The second kappa shape index (κ2) is 5.15. The third kappa shape index (κ3) is 2.08. The van der Waals surface area contributed by atoms with Crippen LogP contribution in [0.1, 0.15) is 11.1 Å². The van der Waals surface area contributed by atoms with Gasteiger partial charge in [-0.1, -0.05) is 35.9 Å². The number of anilines is 1. The zero-order valence-corrected chi connectivity index (χ0v) is 13.5. The average molecular weight is 347 g/mol. The van der Waals surface area contributed by atoms with E-state index in [1.807, 2.05) is 6.20 Å². The van der Waals surface area contributed by atoms with Gasteiger partial charge in [-0.25, -0.2) is 9.97 Å². The molecule has 0 atom stereocenters. The number of nitrogen functional groups attached to an aromatic ring is 1. The number of nitrogens with two attached hydrogens (primary N) is 1. The molecule has 0 spiro atoms. The van der Waals surface area contributed by atoms with Gasteiger partial charge in [0.15, 0.2) is 0 Å². The van der Waals surface area contributed by atoms with E-state index in [9.17, 15) is 0 Å². The highest BCUT2D eigenvalue weighted by atomic mass is 35.5. The molecular weight excluding hydrogens is 335 g/mol. The molecule has 0 aliphatic carbocycles. The molecule has 3 N–H and O–H groups in total. The van der Waals surface area contributed by atoms with E-state index in [-0.39, 0.29) is 5.95 Å². The normalized spacial score (nSPS) is 13.1. The molecule has 3 heterocycles. The van der Waals surface area contributed by atoms with Crippen LogP contribution in [0.5, 0.6) is 5.75 Å². The van der Waals surface area contributed by atoms with Crippen molar-refractivity contribution in [2.45, 2.75) is 6.42 Å². The van der Waals surface area contributed by atoms with E-state index in [0.717, 1.165) is 22.2 Å². The van der Waals surface area contributed by atoms with Gasteiger partial charge in [0, 0.05) is 29.3 Å². The predicted molar refractivity (Wildman–Crippen MR) is 93.0 cm³/mol. The Bertz CT molecular complexity index is 965. The van der Waals surface area contributed by atoms with E-state index < -0.39 is 0 Å². The van der Waals surface area contributed by atoms with Gasteiger partial charge >= 0.3 is 0 Å². The summed E-state index contributed by atoms with van der Waals surface area (Å²) in [6.07, 6.45) is 4.24. The van der Waals surface area contributed by atoms with Crippen LogP contribution in [0.25, 0.3) is 28.4 Å². The molecule has 116 valence electrons. The van der Waals surface area contributed by atoms with Crippen LogP contribution in [0.2, 0.25) is 10.0 Å². The van der Waals surface area contributed by atoms with Crippen molar-refractivity contribution in [2.75, 3.05) is 12.3 Å². The second-order valence-corrected chi connectivity index (χ2v) is 6.04. The monoisotopic (exact) mass is 346 g/mol. The van der Waals surface area contributed by atoms with Crippen LogP contribution in [0.3, 0.4) is 0 Å². The van der Waals surface area contributed by atoms with E-state index >= 15 is 0 Å². The first-order valence-corrected chi connectivity index (χ1v) is 7.76. The van der Waals surface area contributed by atoms with Crippen LogP contribution in [0.4, 0.5) is 5.95 Å². The maximum Gasteiger partial charge on any atom is 0.221 e. The van der Waals surface area contributed by atoms with Crippen LogP contribution in [-0.2, 0) is 6.42 Å². The van der Waals surface area contributed by atoms with Gasteiger partial charge in [0.25, 0.3) is 0 Å². The summed E-state index contributed by atoms with van der Waals surface area (Å²) in [6, 6.07) is 1.67. The maximum atomic E-state index is 6.47. The van der Waals surface area contributed by atoms with Crippen LogP contribution in [0.15, 0.2) is 18.8 Å². The van der Waals surface area contributed by atoms with Gasteiger partial charge in [0.2, 0.25) is 5.95 Å². The van der Waals surface area contributed by atoms with E-state index in [1.165, 1.54) is 0 Å². The van der Waals surface area contributed by atoms with E-state index in [1.54, 1.807) is 12.1 Å². The molecule has 23 heavy (non-hydrogen) atoms. The summed E-state index contributed by atoms with van der Waals surface area (Å²) in [5.74, 6) is 0.834. The number of H-pyrrole nitrogens is 1. The Morgan fingerprint density at radius 3 is 2.91 bits per heavy atom. The topological polar surface area (TPSA) is 76.8 Å². The number of halogens is 2. The summed E-state index contributed by atoms with van der Waals surface area (Å²) in [5, 5.41) is 1.01. The molecule has 2 aromatic heterocycles. The van der Waals surface area contributed by atoms with Crippen molar-refractivity contribution in [1.29, 1.82) is 0 Å². The number of ether oxygens (including phenoxy) is 1. The number of aromatic amines is 1. The van der Waals surface area contributed by atoms with Gasteiger partial charge in [-0.15, -0.1) is 0 Å². The highest BCUT2D eigenvalue weighted by molar-refractivity contribution is 6.38. The molecule has 3 aromatic rings. The largest absolute Gasteiger partial charge is 0.491 e. The number of rotatable bonds is 2. The van der Waals surface area contributed by atoms with Crippen LogP contribution in [0, 0.1) is 0 Å². The number of hydrogen-bond donors (Lipinski definition) is 2. The maximum absolute atomic E-state index is 6.47. The lowest BCUT2D eigenvalue weighted by molar-refractivity contribution is 0.357. The first kappa shape index (κ1) is 14.4. The fraction of sp³-hybridized carbons (Fsp3) is 0.125. The highest BCUT2D eigenvalue weighted by Gasteiger charge is 2.26. The van der Waals surface area contributed by atoms with Crippen molar-refractivity contribution >= 4 is 46.3 Å². The number of aromatic nitrogens is 3. The van der Waals surface area contributed by atoms with Crippen molar-refractivity contribution in [3.63, 3.8) is 0 Å². The Balaban J connectivity index is 2.10. The molecule has 0 fully saturated rings. The molecule has 0 unspecified atom stereocenters. The SMILES string of the molecule is C=Cc1c[nH]c2c(-c3c(Cl)cc(Cl)c4c3CCO4)nc(N)nc12. The molecule has 0 amide bonds. The van der Waals surface area contributed by atoms with Gasteiger partial charge in [-0.05, 0) is 6.07 Å². The molecule has 0 saturated heterocycles. The number of nitrogens with one attached hydrogen (secondary N) is 1. The van der Waals surface area contributed by atoms with Gasteiger partial charge < -0.3 is 15.5 Å². The zero-order valence-electron chi connectivity index (χ0n) is 12.0. The van der Waals surface area contributed by atoms with Gasteiger partial charge in [-0.2, -0.15) is 0 Å². The van der Waals surface area contributed by atoms with E-state index in [2.05, 4.69) is 21.5 Å². The summed E-state index contributed by atoms with van der Waals surface area (Å²) >= 11 is 12.7. The molecule has 1 aliphatic rings. The minimum Gasteiger partial charge on any atom is -0.491 e. The fourth-order valence-electron chi connectivity index (χ4n) is 2.94. The molecular formula is C16H12Cl2N4O. The number of nitrogens with zero attached hydrogens (tertiary/aromatic N) is 2. The van der Waals surface area contributed by atoms with Crippen LogP contribution >= 0.6 is 23.2 Å². The molecule has 1 aliphatic heterocycles. The summed E-state index contributed by atoms with van der Waals surface area (Å²) < 4.78 is 5.62. The molecule has 0 radical (unpaired) electrons. The third-order valence-electron chi connectivity index (χ3n) is 3.91. The van der Waals surface area contributed by atoms with Gasteiger partial charge in [0.05, 0.1) is 22.2 Å². The summed E-state index contributed by atoms with van der Waals surface area (Å²) in [5.41, 5.74) is 10.6. The highest BCUT2D eigenvalue weighted by Crippen LogP contribution is 2.45. The van der Waals surface area contributed by atoms with Gasteiger partial charge in [-0.3, -0.25) is 0 Å². The summed E-state index contributed by atoms with van der Waals surface area (Å²) in [4.78, 5) is 11.9. The predicted octanol–water partition coefficient (Wildman–Crippen LogP) is 4.09. The Kier molecular flexibility index (Phi) is 3.21. The van der Waals surface area contributed by atoms with Gasteiger partial charge in [0.1, 0.15) is 17.0 Å². The molecule has 7 heteroatoms. The van der Waals surface area contributed by atoms with Crippen LogP contribution in [-0.4, -0.2) is 21.6 Å². The van der Waals surface area contributed by atoms with Crippen molar-refractivity contribution in [1.82, 2.24) is 15.0 Å². The molecule has 4 rings (SSSR count). The lowest BCUT2D eigenvalue weighted by Gasteiger charge is -2.12. The number of hydrogen-bond acceptors (Lipinski definition) is 4. The smallest absolute Gasteiger partial charge is 0.221 e. The number of fused-ring (bicyclic) bond motifs is 2. The quantitative estimate of drug-likeness (QED) is 0.732. The van der Waals surface area contributed by atoms with Crippen molar-refractivity contribution in [2.24, 2.45) is 0 Å². The minimum absolute atomic E-state index is 0.175. The first-order valence-electron chi connectivity index (χ1n) is 7.01. The number of benzene rings is 1. The van der Waals surface area contributed by atoms with E-state index in [0.29, 0.717) is 40.0 Å². The molecule has 0 bridgehead atoms. The molecule has 0 saturated carbocycles. The Labute approximate surface area is 142 Å². The van der Waals surface area contributed by atoms with E-state index in [4.69, 9.17) is 33.7 Å². The third-order valence-corrected chi connectivity index (χ3v) is 4.49. The molecule has 1 aromatic carbocycles. The van der Waals surface area contributed by atoms with Crippen molar-refractivity contribution < 1.29 is 4.74 Å². The standard InChI is InChI=1S/C16H12Cl2N4O/c1-2-7-6-20-14-12(7)21-16(19)22-13(14)11-8-3-4-23-15(8)10(18)5-9(11)17/h2,5-6,20H,1,3-4H2,(H2,19,21,22). The van der Waals surface area contributed by atoms with Crippen molar-refractivity contribution in [3.05, 3.63) is 40.0 Å². The fourth-order valence-corrected chi connectivity index (χ4v) is 3.58. The second-order valence-electron chi connectivity index (χ2n) is 5.22. The Morgan fingerprint density at radius 1 is 1.30 bits per heavy atom. The molecule has 5 nitrogen and oxygen atoms in total. The first-order chi connectivity index (χ1) is 11.1. The zero-order chi connectivity index (χ0) is 16.1. The Hall–Kier alpha value is -2.24.